The molecule has 2 fully saturated rings. The molecule has 0 aromatic heterocycles. The molecule has 0 bridgehead atoms. The Kier molecular flexibility index (Phi) is 6.61. The van der Waals surface area contributed by atoms with E-state index in [1.165, 1.54) is 12.1 Å². The lowest BCUT2D eigenvalue weighted by atomic mass is 9.89. The number of nitrogens with zero attached hydrogens (tertiary/aromatic N) is 2. The maximum atomic E-state index is 13.0. The van der Waals surface area contributed by atoms with E-state index in [4.69, 9.17) is 9.15 Å². The Morgan fingerprint density at radius 2 is 1.65 bits per heavy atom. The molecule has 2 saturated heterocycles. The van der Waals surface area contributed by atoms with Crippen molar-refractivity contribution >= 4 is 28.6 Å². The molecule has 0 atom stereocenters. The zero-order chi connectivity index (χ0) is 28.0. The quantitative estimate of drug-likeness (QED) is 0.194. The molecule has 0 unspecified atom stereocenters. The van der Waals surface area contributed by atoms with E-state index >= 15 is 0 Å². The van der Waals surface area contributed by atoms with Crippen molar-refractivity contribution in [3.63, 3.8) is 0 Å². The third-order valence-electron chi connectivity index (χ3n) is 7.79. The summed E-state index contributed by atoms with van der Waals surface area (Å²) in [4.78, 5) is 27.9. The van der Waals surface area contributed by atoms with Crippen molar-refractivity contribution in [3.8, 4) is 22.5 Å². The molecule has 3 heterocycles. The lowest BCUT2D eigenvalue weighted by Gasteiger charge is -2.22. The predicted molar refractivity (Wildman–Crippen MR) is 156 cm³/mol. The van der Waals surface area contributed by atoms with E-state index in [9.17, 15) is 14.7 Å². The molecule has 7 heteroatoms. The van der Waals surface area contributed by atoms with E-state index in [1.54, 1.807) is 6.07 Å². The molecule has 40 heavy (non-hydrogen) atoms. The normalized spacial score (nSPS) is 15.8. The van der Waals surface area contributed by atoms with Gasteiger partial charge in [0, 0.05) is 60.3 Å². The average Bonchev–Trinajstić information content (AvgIpc) is 3.65. The Morgan fingerprint density at radius 3 is 2.35 bits per heavy atom. The molecule has 3 aliphatic heterocycles. The number of hydrogen-bond acceptors (Lipinski definition) is 5. The Labute approximate surface area is 233 Å². The highest BCUT2D eigenvalue weighted by atomic mass is 16.6. The van der Waals surface area contributed by atoms with Crippen LogP contribution in [-0.4, -0.2) is 48.8 Å². The van der Waals surface area contributed by atoms with Crippen LogP contribution in [0.25, 0.3) is 33.4 Å². The van der Waals surface area contributed by atoms with Gasteiger partial charge in [-0.05, 0) is 75.6 Å². The second-order valence-electron chi connectivity index (χ2n) is 11.8. The molecule has 0 saturated carbocycles. The first-order chi connectivity index (χ1) is 19.2. The monoisotopic (exact) mass is 539 g/mol. The molecule has 0 spiro atoms. The van der Waals surface area contributed by atoms with Crippen LogP contribution in [0.5, 0.6) is 0 Å². The van der Waals surface area contributed by atoms with E-state index in [2.05, 4.69) is 33.7 Å². The predicted octanol–water partition coefficient (Wildman–Crippen LogP) is 6.02. The van der Waals surface area contributed by atoms with Crippen molar-refractivity contribution in [3.05, 3.63) is 71.1 Å². The highest BCUT2D eigenvalue weighted by Crippen LogP contribution is 2.42. The van der Waals surface area contributed by atoms with Crippen LogP contribution in [0.4, 0.5) is 5.69 Å². The molecular formula is C33H35N2O5+. The molecular weight excluding hydrogens is 504 g/mol. The minimum absolute atomic E-state index is 0.119. The summed E-state index contributed by atoms with van der Waals surface area (Å²) in [5, 5.41) is 12.1. The van der Waals surface area contributed by atoms with E-state index < -0.39 is 17.5 Å². The second-order valence-corrected chi connectivity index (χ2v) is 11.8. The van der Waals surface area contributed by atoms with E-state index in [1.807, 2.05) is 32.9 Å². The van der Waals surface area contributed by atoms with Crippen LogP contribution in [0, 0.1) is 0 Å². The fraction of sp³-hybridized carbons (Fsp3) is 0.364. The van der Waals surface area contributed by atoms with Crippen molar-refractivity contribution in [1.82, 2.24) is 4.58 Å². The SMILES string of the molecule is CC(C)(C)OC(=O)c1ccc(C(=O)O)c(-c2c3ccc(=[N+]4CCCC4)cc-3oc3cc(N4CCCC4)ccc23)c1. The highest BCUT2D eigenvalue weighted by Gasteiger charge is 2.26. The number of ether oxygens (including phenoxy) is 1. The maximum Gasteiger partial charge on any atom is 0.338 e. The summed E-state index contributed by atoms with van der Waals surface area (Å²) in [5.74, 6) is -0.868. The van der Waals surface area contributed by atoms with Crippen LogP contribution in [0.15, 0.2) is 59.0 Å². The Hall–Kier alpha value is -4.13. The van der Waals surface area contributed by atoms with Crippen molar-refractivity contribution in [1.29, 1.82) is 0 Å². The summed E-state index contributed by atoms with van der Waals surface area (Å²) in [7, 11) is 0. The molecule has 6 rings (SSSR count). The first kappa shape index (κ1) is 26.1. The molecule has 1 N–H and O–H groups in total. The third kappa shape index (κ3) is 4.96. The maximum absolute atomic E-state index is 13.0. The molecule has 4 aliphatic rings. The first-order valence-electron chi connectivity index (χ1n) is 14.1. The van der Waals surface area contributed by atoms with Crippen LogP contribution in [-0.2, 0) is 4.74 Å². The number of carboxylic acids is 1. The fourth-order valence-corrected chi connectivity index (χ4v) is 5.90. The number of hydrogen-bond donors (Lipinski definition) is 1. The number of benzene rings is 3. The number of carbonyl (C=O) groups excluding carboxylic acids is 1. The summed E-state index contributed by atoms with van der Waals surface area (Å²) in [5.41, 5.74) is 3.52. The minimum Gasteiger partial charge on any atom is -0.478 e. The molecule has 2 aromatic carbocycles. The highest BCUT2D eigenvalue weighted by molar-refractivity contribution is 6.09. The lowest BCUT2D eigenvalue weighted by molar-refractivity contribution is 0.00691. The van der Waals surface area contributed by atoms with Crippen LogP contribution < -0.4 is 14.8 Å². The zero-order valence-corrected chi connectivity index (χ0v) is 23.3. The van der Waals surface area contributed by atoms with Gasteiger partial charge in [-0.3, -0.25) is 0 Å². The van der Waals surface area contributed by atoms with Gasteiger partial charge in [-0.25, -0.2) is 14.2 Å². The summed E-state index contributed by atoms with van der Waals surface area (Å²) in [6.45, 7) is 9.46. The molecule has 0 radical (unpaired) electrons. The minimum atomic E-state index is -1.06. The van der Waals surface area contributed by atoms with E-state index in [-0.39, 0.29) is 5.56 Å². The van der Waals surface area contributed by atoms with Gasteiger partial charge in [0.2, 0.25) is 5.36 Å². The first-order valence-corrected chi connectivity index (χ1v) is 14.1. The largest absolute Gasteiger partial charge is 0.478 e. The number of carboxylic acid groups (broad SMARTS) is 1. The summed E-state index contributed by atoms with van der Waals surface area (Å²) < 4.78 is 14.5. The van der Waals surface area contributed by atoms with Crippen LogP contribution >= 0.6 is 0 Å². The number of rotatable bonds is 4. The van der Waals surface area contributed by atoms with E-state index in [0.29, 0.717) is 22.5 Å². The summed E-state index contributed by atoms with van der Waals surface area (Å²) >= 11 is 0. The lowest BCUT2D eigenvalue weighted by Crippen LogP contribution is -2.26. The number of esters is 1. The van der Waals surface area contributed by atoms with Gasteiger partial charge in [-0.1, -0.05) is 0 Å². The van der Waals surface area contributed by atoms with Crippen molar-refractivity contribution in [2.24, 2.45) is 0 Å². The van der Waals surface area contributed by atoms with Crippen LogP contribution in [0.2, 0.25) is 0 Å². The molecule has 206 valence electrons. The Morgan fingerprint density at radius 1 is 0.900 bits per heavy atom. The number of aromatic carboxylic acids is 1. The smallest absolute Gasteiger partial charge is 0.338 e. The van der Waals surface area contributed by atoms with Gasteiger partial charge in [0.15, 0.2) is 0 Å². The van der Waals surface area contributed by atoms with Gasteiger partial charge in [0.1, 0.15) is 30.0 Å². The van der Waals surface area contributed by atoms with Crippen LogP contribution in [0.3, 0.4) is 0 Å². The van der Waals surface area contributed by atoms with Gasteiger partial charge >= 0.3 is 11.9 Å². The summed E-state index contributed by atoms with van der Waals surface area (Å²) in [6, 6.07) is 17.0. The second kappa shape index (κ2) is 10.1. The molecule has 0 amide bonds. The van der Waals surface area contributed by atoms with Gasteiger partial charge in [0.05, 0.1) is 17.2 Å². The number of carbonyl (C=O) groups is 2. The average molecular weight is 540 g/mol. The van der Waals surface area contributed by atoms with Crippen molar-refractivity contribution in [2.45, 2.75) is 52.1 Å². The van der Waals surface area contributed by atoms with Gasteiger partial charge in [-0.15, -0.1) is 0 Å². The van der Waals surface area contributed by atoms with Crippen LogP contribution in [0.1, 0.15) is 67.2 Å². The number of anilines is 1. The Bertz CT molecular complexity index is 1660. The van der Waals surface area contributed by atoms with Gasteiger partial charge in [-0.2, -0.15) is 0 Å². The van der Waals surface area contributed by atoms with Crippen molar-refractivity contribution in [2.75, 3.05) is 31.1 Å². The van der Waals surface area contributed by atoms with Gasteiger partial charge in [0.25, 0.3) is 0 Å². The standard InChI is InChI=1S/C33H34N2O5/c1-33(2,3)40-32(38)21-8-11-24(31(36)37)27(18-21)30-25-12-9-22(34-14-4-5-15-34)19-28(25)39-29-20-23(10-13-26(29)30)35-16-6-7-17-35/h8-13,18-20H,4-7,14-17H2,1-3H3/p+1. The van der Waals surface area contributed by atoms with Crippen molar-refractivity contribution < 1.29 is 23.8 Å². The zero-order valence-electron chi connectivity index (χ0n) is 23.3. The fourth-order valence-electron chi connectivity index (χ4n) is 5.90. The summed E-state index contributed by atoms with van der Waals surface area (Å²) in [6.07, 6.45) is 4.65. The molecule has 1 aliphatic carbocycles. The van der Waals surface area contributed by atoms with E-state index in [0.717, 1.165) is 79.4 Å². The number of fused-ring (bicyclic) bond motifs is 2. The third-order valence-corrected chi connectivity index (χ3v) is 7.79. The molecule has 2 aromatic rings. The Balaban J connectivity index is 1.63. The van der Waals surface area contributed by atoms with Gasteiger partial charge < -0.3 is 19.2 Å². The molecule has 7 nitrogen and oxygen atoms in total. The topological polar surface area (TPSA) is 83.0 Å².